The molecule has 5 rings (SSSR count). The summed E-state index contributed by atoms with van der Waals surface area (Å²) < 4.78 is 6.62. The van der Waals surface area contributed by atoms with Crippen LogP contribution in [-0.2, 0) is 17.7 Å². The van der Waals surface area contributed by atoms with Crippen molar-refractivity contribution in [2.24, 2.45) is 0 Å². The van der Waals surface area contributed by atoms with E-state index >= 15 is 0 Å². The molecule has 1 aliphatic carbocycles. The summed E-state index contributed by atoms with van der Waals surface area (Å²) in [6, 6.07) is 20.5. The van der Waals surface area contributed by atoms with E-state index in [4.69, 9.17) is 4.74 Å². The number of Topliss-reactive ketones (excluding diaryl/α,β-unsaturated/α-hetero) is 1. The van der Waals surface area contributed by atoms with Gasteiger partial charge in [-0.25, -0.2) is 9.48 Å². The molecular formula is C27H22N2O4. The van der Waals surface area contributed by atoms with Crippen LogP contribution >= 0.6 is 0 Å². The first kappa shape index (κ1) is 20.8. The van der Waals surface area contributed by atoms with Gasteiger partial charge in [0, 0.05) is 17.5 Å². The Morgan fingerprint density at radius 1 is 0.939 bits per heavy atom. The molecule has 0 radical (unpaired) electrons. The zero-order chi connectivity index (χ0) is 22.9. The normalized spacial score (nSPS) is 11.8. The molecule has 1 aliphatic rings. The van der Waals surface area contributed by atoms with E-state index in [9.17, 15) is 14.4 Å². The monoisotopic (exact) mass is 438 g/mol. The maximum absolute atomic E-state index is 12.9. The largest absolute Gasteiger partial charge is 0.452 e. The number of rotatable bonds is 6. The predicted molar refractivity (Wildman–Crippen MR) is 126 cm³/mol. The molecule has 0 atom stereocenters. The van der Waals surface area contributed by atoms with Gasteiger partial charge in [-0.1, -0.05) is 61.5 Å². The van der Waals surface area contributed by atoms with Crippen LogP contribution in [0.5, 0.6) is 0 Å². The molecule has 0 saturated heterocycles. The predicted octanol–water partition coefficient (Wildman–Crippen LogP) is 4.42. The first-order valence-corrected chi connectivity index (χ1v) is 11.0. The Morgan fingerprint density at radius 3 is 2.48 bits per heavy atom. The molecule has 164 valence electrons. The fourth-order valence-corrected chi connectivity index (χ4v) is 4.33. The van der Waals surface area contributed by atoms with Crippen LogP contribution < -0.4 is 5.56 Å². The Kier molecular flexibility index (Phi) is 5.34. The van der Waals surface area contributed by atoms with Gasteiger partial charge < -0.3 is 4.74 Å². The molecule has 6 nitrogen and oxygen atoms in total. The zero-order valence-electron chi connectivity index (χ0n) is 18.2. The second-order valence-corrected chi connectivity index (χ2v) is 8.13. The Hall–Kier alpha value is -4.06. The summed E-state index contributed by atoms with van der Waals surface area (Å²) in [6.45, 7) is 1.91. The molecule has 0 saturated carbocycles. The lowest BCUT2D eigenvalue weighted by molar-refractivity contribution is 0.0468. The van der Waals surface area contributed by atoms with Gasteiger partial charge in [0.2, 0.25) is 0 Å². The molecule has 3 aromatic carbocycles. The van der Waals surface area contributed by atoms with Crippen molar-refractivity contribution < 1.29 is 14.3 Å². The van der Waals surface area contributed by atoms with E-state index in [0.29, 0.717) is 29.3 Å². The third kappa shape index (κ3) is 3.74. The standard InChI is InChI=1S/C27H22N2O4/c1-2-13-29-26(31)22-10-6-5-9-21(22)25(28-29)27(32)33-16-24(30)19-12-11-18-14-17-7-3-4-8-20(17)23(18)15-19/h3-12,15H,2,13-14,16H2,1H3. The van der Waals surface area contributed by atoms with Crippen molar-refractivity contribution in [3.05, 3.63) is 99.5 Å². The molecule has 0 unspecified atom stereocenters. The topological polar surface area (TPSA) is 78.3 Å². The van der Waals surface area contributed by atoms with Crippen LogP contribution in [0.15, 0.2) is 71.5 Å². The summed E-state index contributed by atoms with van der Waals surface area (Å²) in [6.07, 6.45) is 1.54. The lowest BCUT2D eigenvalue weighted by Crippen LogP contribution is -2.27. The number of ether oxygens (including phenoxy) is 1. The fourth-order valence-electron chi connectivity index (χ4n) is 4.33. The molecular weight excluding hydrogens is 416 g/mol. The molecule has 33 heavy (non-hydrogen) atoms. The molecule has 0 aliphatic heterocycles. The van der Waals surface area contributed by atoms with E-state index in [0.717, 1.165) is 17.5 Å². The lowest BCUT2D eigenvalue weighted by atomic mass is 10.0. The van der Waals surface area contributed by atoms with E-state index in [1.807, 2.05) is 31.2 Å². The van der Waals surface area contributed by atoms with Crippen LogP contribution in [-0.4, -0.2) is 28.1 Å². The highest BCUT2D eigenvalue weighted by atomic mass is 16.5. The number of fused-ring (bicyclic) bond motifs is 4. The number of hydrogen-bond acceptors (Lipinski definition) is 5. The second-order valence-electron chi connectivity index (χ2n) is 8.13. The number of hydrogen-bond donors (Lipinski definition) is 0. The third-order valence-corrected chi connectivity index (χ3v) is 5.95. The molecule has 0 spiro atoms. The molecule has 0 N–H and O–H groups in total. The number of aromatic nitrogens is 2. The van der Waals surface area contributed by atoms with Crippen LogP contribution in [0.25, 0.3) is 21.9 Å². The van der Waals surface area contributed by atoms with E-state index in [1.54, 1.807) is 30.3 Å². The van der Waals surface area contributed by atoms with Gasteiger partial charge in [-0.05, 0) is 47.2 Å². The number of aryl methyl sites for hydroxylation is 1. The van der Waals surface area contributed by atoms with Crippen LogP contribution in [0.3, 0.4) is 0 Å². The van der Waals surface area contributed by atoms with E-state index in [-0.39, 0.29) is 17.0 Å². The Balaban J connectivity index is 1.39. The van der Waals surface area contributed by atoms with Crippen LogP contribution in [0.4, 0.5) is 0 Å². The summed E-state index contributed by atoms with van der Waals surface area (Å²) in [5, 5.41) is 5.05. The first-order chi connectivity index (χ1) is 16.1. The Bertz CT molecular complexity index is 1470. The molecule has 0 fully saturated rings. The molecule has 1 aromatic heterocycles. The number of nitrogens with zero attached hydrogens (tertiary/aromatic N) is 2. The number of ketones is 1. The summed E-state index contributed by atoms with van der Waals surface area (Å²) >= 11 is 0. The van der Waals surface area contributed by atoms with E-state index in [1.165, 1.54) is 15.8 Å². The molecule has 1 heterocycles. The summed E-state index contributed by atoms with van der Waals surface area (Å²) in [5.74, 6) is -1.02. The average Bonchev–Trinajstić information content (AvgIpc) is 3.22. The highest BCUT2D eigenvalue weighted by molar-refractivity contribution is 6.04. The summed E-state index contributed by atoms with van der Waals surface area (Å²) in [5.41, 5.74) is 4.87. The minimum atomic E-state index is -0.726. The number of carbonyl (C=O) groups is 2. The maximum Gasteiger partial charge on any atom is 0.359 e. The van der Waals surface area contributed by atoms with Gasteiger partial charge in [0.25, 0.3) is 5.56 Å². The van der Waals surface area contributed by atoms with E-state index < -0.39 is 12.6 Å². The van der Waals surface area contributed by atoms with Gasteiger partial charge in [0.15, 0.2) is 18.1 Å². The smallest absolute Gasteiger partial charge is 0.359 e. The van der Waals surface area contributed by atoms with Gasteiger partial charge in [-0.15, -0.1) is 0 Å². The third-order valence-electron chi connectivity index (χ3n) is 5.95. The van der Waals surface area contributed by atoms with Crippen molar-refractivity contribution in [3.8, 4) is 11.1 Å². The molecule has 0 bridgehead atoms. The zero-order valence-corrected chi connectivity index (χ0v) is 18.2. The average molecular weight is 438 g/mol. The van der Waals surface area contributed by atoms with Crippen LogP contribution in [0.1, 0.15) is 45.3 Å². The minimum absolute atomic E-state index is 0.0364. The quantitative estimate of drug-likeness (QED) is 0.290. The van der Waals surface area contributed by atoms with Crippen molar-refractivity contribution in [1.82, 2.24) is 9.78 Å². The van der Waals surface area contributed by atoms with Crippen LogP contribution in [0, 0.1) is 0 Å². The van der Waals surface area contributed by atoms with Crippen LogP contribution in [0.2, 0.25) is 0 Å². The Labute approximate surface area is 190 Å². The van der Waals surface area contributed by atoms with Crippen molar-refractivity contribution in [2.45, 2.75) is 26.3 Å². The van der Waals surface area contributed by atoms with Gasteiger partial charge >= 0.3 is 5.97 Å². The molecule has 6 heteroatoms. The lowest BCUT2D eigenvalue weighted by Gasteiger charge is -2.10. The van der Waals surface area contributed by atoms with Crippen molar-refractivity contribution in [3.63, 3.8) is 0 Å². The maximum atomic E-state index is 12.9. The van der Waals surface area contributed by atoms with Gasteiger partial charge in [0.05, 0.1) is 5.39 Å². The number of benzene rings is 3. The highest BCUT2D eigenvalue weighted by Gasteiger charge is 2.22. The van der Waals surface area contributed by atoms with Crippen molar-refractivity contribution in [1.29, 1.82) is 0 Å². The number of carbonyl (C=O) groups excluding carboxylic acids is 2. The Morgan fingerprint density at radius 2 is 1.67 bits per heavy atom. The minimum Gasteiger partial charge on any atom is -0.452 e. The molecule has 4 aromatic rings. The van der Waals surface area contributed by atoms with Gasteiger partial charge in [-0.3, -0.25) is 9.59 Å². The first-order valence-electron chi connectivity index (χ1n) is 11.0. The molecule has 0 amide bonds. The summed E-state index contributed by atoms with van der Waals surface area (Å²) in [7, 11) is 0. The summed E-state index contributed by atoms with van der Waals surface area (Å²) in [4.78, 5) is 38.3. The second kappa shape index (κ2) is 8.47. The SMILES string of the molecule is CCCn1nc(C(=O)OCC(=O)c2ccc3c(c2)-c2ccccc2C3)c2ccccc2c1=O. The number of esters is 1. The van der Waals surface area contributed by atoms with Crippen molar-refractivity contribution >= 4 is 22.5 Å². The fraction of sp³-hybridized carbons (Fsp3) is 0.185. The van der Waals surface area contributed by atoms with Crippen molar-refractivity contribution in [2.75, 3.05) is 6.61 Å². The highest BCUT2D eigenvalue weighted by Crippen LogP contribution is 2.36. The van der Waals surface area contributed by atoms with E-state index in [2.05, 4.69) is 17.2 Å². The van der Waals surface area contributed by atoms with Gasteiger partial charge in [-0.2, -0.15) is 5.10 Å². The van der Waals surface area contributed by atoms with Gasteiger partial charge in [0.1, 0.15) is 0 Å².